The lowest BCUT2D eigenvalue weighted by atomic mass is 10.2. The first-order chi connectivity index (χ1) is 14.9. The van der Waals surface area contributed by atoms with Crippen LogP contribution < -0.4 is 14.2 Å². The summed E-state index contributed by atoms with van der Waals surface area (Å²) in [5.41, 5.74) is 0.703. The molecule has 0 aliphatic carbocycles. The Kier molecular flexibility index (Phi) is 9.35. The van der Waals surface area contributed by atoms with E-state index in [-0.39, 0.29) is 31.5 Å². The van der Waals surface area contributed by atoms with Crippen LogP contribution >= 0.6 is 0 Å². The van der Waals surface area contributed by atoms with Gasteiger partial charge in [-0.2, -0.15) is 0 Å². The summed E-state index contributed by atoms with van der Waals surface area (Å²) in [6.45, 7) is 2.51. The first kappa shape index (κ1) is 23.7. The smallest absolute Gasteiger partial charge is 0.331 e. The van der Waals surface area contributed by atoms with Gasteiger partial charge in [0.05, 0.1) is 6.61 Å². The molecule has 7 nitrogen and oxygen atoms in total. The Labute approximate surface area is 181 Å². The second-order valence-electron chi connectivity index (χ2n) is 6.52. The van der Waals surface area contributed by atoms with E-state index in [9.17, 15) is 14.0 Å². The molecule has 0 heterocycles. The Morgan fingerprint density at radius 3 is 2.35 bits per heavy atom. The largest absolute Gasteiger partial charge is 0.490 e. The molecule has 166 valence electrons. The maximum atomic E-state index is 12.9. The highest BCUT2D eigenvalue weighted by Gasteiger charge is 2.08. The van der Waals surface area contributed by atoms with Crippen molar-refractivity contribution in [3.63, 3.8) is 0 Å². The number of nitrogens with zero attached hydrogens (tertiary/aromatic N) is 1. The standard InChI is InChI=1S/C23H26FNO6/c1-4-28-21-15-17(6-12-23(27)31-16-22(26)25(2)3)5-11-20(21)30-14-13-29-19-9-7-18(24)8-10-19/h5-12,15H,4,13-14,16H2,1-3H3/b12-6+. The third-order valence-electron chi connectivity index (χ3n) is 3.94. The molecule has 0 fully saturated rings. The van der Waals surface area contributed by atoms with Crippen LogP contribution in [0.25, 0.3) is 6.08 Å². The second-order valence-corrected chi connectivity index (χ2v) is 6.52. The van der Waals surface area contributed by atoms with Gasteiger partial charge in [0.1, 0.15) is 24.8 Å². The highest BCUT2D eigenvalue weighted by atomic mass is 19.1. The highest BCUT2D eigenvalue weighted by molar-refractivity contribution is 5.89. The van der Waals surface area contributed by atoms with Gasteiger partial charge in [0.2, 0.25) is 0 Å². The number of likely N-dealkylation sites (N-methyl/N-ethyl adjacent to an activating group) is 1. The fraction of sp³-hybridized carbons (Fsp3) is 0.304. The molecule has 0 aliphatic heterocycles. The van der Waals surface area contributed by atoms with E-state index >= 15 is 0 Å². The van der Waals surface area contributed by atoms with Crippen LogP contribution in [0.15, 0.2) is 48.5 Å². The minimum Gasteiger partial charge on any atom is -0.490 e. The van der Waals surface area contributed by atoms with Crippen LogP contribution in [0.1, 0.15) is 12.5 Å². The van der Waals surface area contributed by atoms with E-state index in [0.717, 1.165) is 0 Å². The molecule has 0 aromatic heterocycles. The molecule has 31 heavy (non-hydrogen) atoms. The quantitative estimate of drug-likeness (QED) is 0.309. The van der Waals surface area contributed by atoms with E-state index in [1.165, 1.54) is 23.1 Å². The molecule has 2 rings (SSSR count). The van der Waals surface area contributed by atoms with Gasteiger partial charge in [-0.3, -0.25) is 4.79 Å². The topological polar surface area (TPSA) is 74.3 Å². The number of esters is 1. The van der Waals surface area contributed by atoms with Crippen LogP contribution in [0.2, 0.25) is 0 Å². The minimum absolute atomic E-state index is 0.263. The molecule has 0 unspecified atom stereocenters. The van der Waals surface area contributed by atoms with E-state index in [0.29, 0.717) is 29.4 Å². The third-order valence-corrected chi connectivity index (χ3v) is 3.94. The third kappa shape index (κ3) is 8.38. The Morgan fingerprint density at radius 2 is 1.68 bits per heavy atom. The number of halogens is 1. The molecule has 0 saturated carbocycles. The molecule has 0 atom stereocenters. The van der Waals surface area contributed by atoms with Crippen LogP contribution in [-0.2, 0) is 14.3 Å². The van der Waals surface area contributed by atoms with Crippen LogP contribution in [0, 0.1) is 5.82 Å². The fourth-order valence-electron chi connectivity index (χ4n) is 2.33. The summed E-state index contributed by atoms with van der Waals surface area (Å²) in [5.74, 6) is 0.351. The maximum Gasteiger partial charge on any atom is 0.331 e. The predicted molar refractivity (Wildman–Crippen MR) is 114 cm³/mol. The van der Waals surface area contributed by atoms with Gasteiger partial charge in [0.25, 0.3) is 5.91 Å². The summed E-state index contributed by atoms with van der Waals surface area (Å²) in [6, 6.07) is 11.0. The molecule has 2 aromatic rings. The monoisotopic (exact) mass is 431 g/mol. The zero-order valence-corrected chi connectivity index (χ0v) is 17.8. The van der Waals surface area contributed by atoms with E-state index in [1.54, 1.807) is 50.5 Å². The van der Waals surface area contributed by atoms with Gasteiger partial charge in [-0.05, 0) is 55.0 Å². The molecule has 0 bridgehead atoms. The minimum atomic E-state index is -0.619. The van der Waals surface area contributed by atoms with E-state index < -0.39 is 5.97 Å². The molecule has 0 spiro atoms. The number of hydrogen-bond donors (Lipinski definition) is 0. The summed E-state index contributed by atoms with van der Waals surface area (Å²) >= 11 is 0. The average molecular weight is 431 g/mol. The van der Waals surface area contributed by atoms with Crippen molar-refractivity contribution in [2.24, 2.45) is 0 Å². The summed E-state index contributed by atoms with van der Waals surface area (Å²) < 4.78 is 34.6. The van der Waals surface area contributed by atoms with E-state index in [1.807, 2.05) is 6.92 Å². The number of carbonyl (C=O) groups excluding carboxylic acids is 2. The first-order valence-electron chi connectivity index (χ1n) is 9.72. The van der Waals surface area contributed by atoms with E-state index in [4.69, 9.17) is 18.9 Å². The lowest BCUT2D eigenvalue weighted by Crippen LogP contribution is -2.27. The van der Waals surface area contributed by atoms with Crippen molar-refractivity contribution in [1.82, 2.24) is 4.90 Å². The Balaban J connectivity index is 1.89. The Morgan fingerprint density at radius 1 is 0.968 bits per heavy atom. The Hall–Kier alpha value is -3.55. The average Bonchev–Trinajstić information content (AvgIpc) is 2.76. The molecular weight excluding hydrogens is 405 g/mol. The summed E-state index contributed by atoms with van der Waals surface area (Å²) in [6.07, 6.45) is 2.80. The highest BCUT2D eigenvalue weighted by Crippen LogP contribution is 2.29. The first-order valence-corrected chi connectivity index (χ1v) is 9.72. The van der Waals surface area contributed by atoms with Crippen LogP contribution in [-0.4, -0.2) is 57.3 Å². The maximum absolute atomic E-state index is 12.9. The molecule has 2 aromatic carbocycles. The van der Waals surface area contributed by atoms with Crippen molar-refractivity contribution in [3.05, 3.63) is 59.9 Å². The molecule has 1 amide bonds. The van der Waals surface area contributed by atoms with Crippen molar-refractivity contribution in [2.45, 2.75) is 6.92 Å². The van der Waals surface area contributed by atoms with Crippen LogP contribution in [0.3, 0.4) is 0 Å². The number of ether oxygens (including phenoxy) is 4. The van der Waals surface area contributed by atoms with Gasteiger partial charge < -0.3 is 23.8 Å². The van der Waals surface area contributed by atoms with Crippen molar-refractivity contribution in [3.8, 4) is 17.2 Å². The van der Waals surface area contributed by atoms with Crippen molar-refractivity contribution in [1.29, 1.82) is 0 Å². The molecular formula is C23H26FNO6. The van der Waals surface area contributed by atoms with Gasteiger partial charge in [-0.25, -0.2) is 9.18 Å². The van der Waals surface area contributed by atoms with E-state index in [2.05, 4.69) is 0 Å². The zero-order valence-electron chi connectivity index (χ0n) is 17.8. The van der Waals surface area contributed by atoms with Crippen molar-refractivity contribution in [2.75, 3.05) is 40.5 Å². The summed E-state index contributed by atoms with van der Waals surface area (Å²) in [5, 5.41) is 0. The fourth-order valence-corrected chi connectivity index (χ4v) is 2.33. The summed E-state index contributed by atoms with van der Waals surface area (Å²) in [7, 11) is 3.17. The normalized spacial score (nSPS) is 10.6. The molecule has 0 N–H and O–H groups in total. The number of amides is 1. The summed E-state index contributed by atoms with van der Waals surface area (Å²) in [4.78, 5) is 24.6. The zero-order chi connectivity index (χ0) is 22.6. The number of hydrogen-bond acceptors (Lipinski definition) is 6. The molecule has 0 saturated heterocycles. The van der Waals surface area contributed by atoms with Crippen molar-refractivity contribution < 1.29 is 32.9 Å². The SMILES string of the molecule is CCOc1cc(/C=C/C(=O)OCC(=O)N(C)C)ccc1OCCOc1ccc(F)cc1. The Bertz CT molecular complexity index is 895. The molecule has 8 heteroatoms. The molecule has 0 aliphatic rings. The lowest BCUT2D eigenvalue weighted by Gasteiger charge is -2.13. The lowest BCUT2D eigenvalue weighted by molar-refractivity contribution is -0.146. The van der Waals surface area contributed by atoms with Gasteiger partial charge in [0, 0.05) is 20.2 Å². The van der Waals surface area contributed by atoms with Gasteiger partial charge in [0.15, 0.2) is 18.1 Å². The number of rotatable bonds is 11. The number of benzene rings is 2. The van der Waals surface area contributed by atoms with Gasteiger partial charge >= 0.3 is 5.97 Å². The number of carbonyl (C=O) groups is 2. The molecule has 0 radical (unpaired) electrons. The second kappa shape index (κ2) is 12.2. The predicted octanol–water partition coefficient (Wildman–Crippen LogP) is 3.33. The van der Waals surface area contributed by atoms with Crippen LogP contribution in [0.4, 0.5) is 4.39 Å². The van der Waals surface area contributed by atoms with Crippen LogP contribution in [0.5, 0.6) is 17.2 Å². The van der Waals surface area contributed by atoms with Gasteiger partial charge in [-0.1, -0.05) is 6.07 Å². The van der Waals surface area contributed by atoms with Crippen molar-refractivity contribution >= 4 is 18.0 Å². The van der Waals surface area contributed by atoms with Gasteiger partial charge in [-0.15, -0.1) is 0 Å².